The molecule has 0 aliphatic heterocycles. The quantitative estimate of drug-likeness (QED) is 0.226. The summed E-state index contributed by atoms with van der Waals surface area (Å²) in [5.41, 5.74) is 1.21. The fraction of sp³-hybridized carbons (Fsp3) is 0.421. The topological polar surface area (TPSA) is 65.0 Å². The summed E-state index contributed by atoms with van der Waals surface area (Å²) in [6.07, 6.45) is 2.07. The van der Waals surface area contributed by atoms with E-state index < -0.39 is 10.0 Å². The first-order valence-corrected chi connectivity index (χ1v) is 12.4. The minimum absolute atomic E-state index is 0. The fourth-order valence-corrected chi connectivity index (χ4v) is 5.32. The van der Waals surface area contributed by atoms with Crippen molar-refractivity contribution in [2.24, 2.45) is 4.99 Å². The molecule has 0 aliphatic carbocycles. The number of hydrogen-bond acceptors (Lipinski definition) is 5. The van der Waals surface area contributed by atoms with Crippen LogP contribution in [0.15, 0.2) is 50.5 Å². The van der Waals surface area contributed by atoms with Gasteiger partial charge in [0, 0.05) is 44.0 Å². The van der Waals surface area contributed by atoms with Crippen molar-refractivity contribution in [3.05, 3.63) is 46.8 Å². The summed E-state index contributed by atoms with van der Waals surface area (Å²) in [7, 11) is 1.69. The average Bonchev–Trinajstić information content (AvgIpc) is 3.15. The molecule has 0 radical (unpaired) electrons. The second kappa shape index (κ2) is 12.1. The van der Waals surface area contributed by atoms with E-state index in [0.29, 0.717) is 10.8 Å². The van der Waals surface area contributed by atoms with Crippen LogP contribution < -0.4 is 5.32 Å². The number of thioether (sulfide) groups is 1. The zero-order valence-electron chi connectivity index (χ0n) is 17.4. The molecule has 6 nitrogen and oxygen atoms in total. The van der Waals surface area contributed by atoms with Gasteiger partial charge < -0.3 is 10.2 Å². The molecule has 0 saturated carbocycles. The van der Waals surface area contributed by atoms with Crippen molar-refractivity contribution in [3.8, 4) is 0 Å². The van der Waals surface area contributed by atoms with Crippen molar-refractivity contribution < 1.29 is 8.42 Å². The Morgan fingerprint density at radius 1 is 1.14 bits per heavy atom. The van der Waals surface area contributed by atoms with Gasteiger partial charge in [-0.3, -0.25) is 0 Å². The number of aliphatic imine (C=N–C) groups is 1. The lowest BCUT2D eigenvalue weighted by atomic mass is 10.2. The lowest BCUT2D eigenvalue weighted by Gasteiger charge is -2.22. The van der Waals surface area contributed by atoms with Crippen LogP contribution in [0.5, 0.6) is 0 Å². The Labute approximate surface area is 199 Å². The van der Waals surface area contributed by atoms with Gasteiger partial charge in [0.25, 0.3) is 10.0 Å². The summed E-state index contributed by atoms with van der Waals surface area (Å²) in [6, 6.07) is 12.0. The third-order valence-electron chi connectivity index (χ3n) is 4.03. The smallest absolute Gasteiger partial charge is 0.252 e. The molecule has 1 aromatic heterocycles. The number of nitrogens with zero attached hydrogens (tertiary/aromatic N) is 3. The van der Waals surface area contributed by atoms with Gasteiger partial charge in [0.05, 0.1) is 6.54 Å². The SMILES string of the molecule is CCNC(=NCc1ccc(S(=O)(=O)N(C)C)s1)N(C)Cc1ccc(SC)cc1.I. The summed E-state index contributed by atoms with van der Waals surface area (Å²) in [4.78, 5) is 8.91. The Bertz CT molecular complexity index is 896. The van der Waals surface area contributed by atoms with Crippen LogP contribution in [0.3, 0.4) is 0 Å². The van der Waals surface area contributed by atoms with Crippen molar-refractivity contribution in [1.29, 1.82) is 0 Å². The Morgan fingerprint density at radius 3 is 2.34 bits per heavy atom. The van der Waals surface area contributed by atoms with Gasteiger partial charge >= 0.3 is 0 Å². The van der Waals surface area contributed by atoms with E-state index in [0.717, 1.165) is 23.9 Å². The van der Waals surface area contributed by atoms with Gasteiger partial charge in [-0.1, -0.05) is 12.1 Å². The van der Waals surface area contributed by atoms with E-state index in [2.05, 4.69) is 45.7 Å². The number of rotatable bonds is 8. The predicted molar refractivity (Wildman–Crippen MR) is 135 cm³/mol. The number of nitrogens with one attached hydrogen (secondary N) is 1. The second-order valence-corrected chi connectivity index (χ2v) is 10.8. The highest BCUT2D eigenvalue weighted by molar-refractivity contribution is 14.0. The molecule has 0 atom stereocenters. The maximum absolute atomic E-state index is 12.2. The van der Waals surface area contributed by atoms with E-state index in [9.17, 15) is 8.42 Å². The van der Waals surface area contributed by atoms with E-state index in [1.807, 2.05) is 20.0 Å². The highest BCUT2D eigenvalue weighted by Crippen LogP contribution is 2.24. The lowest BCUT2D eigenvalue weighted by Crippen LogP contribution is -2.38. The van der Waals surface area contributed by atoms with Crippen molar-refractivity contribution in [2.45, 2.75) is 29.1 Å². The Morgan fingerprint density at radius 2 is 1.79 bits per heavy atom. The number of benzene rings is 1. The molecule has 0 fully saturated rings. The number of halogens is 1. The van der Waals surface area contributed by atoms with Gasteiger partial charge in [0.2, 0.25) is 0 Å². The first-order valence-electron chi connectivity index (χ1n) is 8.91. The Balaban J connectivity index is 0.00000420. The molecule has 0 unspecified atom stereocenters. The monoisotopic (exact) mass is 568 g/mol. The van der Waals surface area contributed by atoms with Crippen LogP contribution in [-0.4, -0.2) is 57.5 Å². The van der Waals surface area contributed by atoms with E-state index in [4.69, 9.17) is 0 Å². The summed E-state index contributed by atoms with van der Waals surface area (Å²) in [6.45, 7) is 3.97. The van der Waals surface area contributed by atoms with Crippen LogP contribution in [0.2, 0.25) is 0 Å². The third-order valence-corrected chi connectivity index (χ3v) is 8.13. The van der Waals surface area contributed by atoms with Crippen molar-refractivity contribution >= 4 is 63.1 Å². The van der Waals surface area contributed by atoms with Crippen LogP contribution >= 0.6 is 47.1 Å². The first-order chi connectivity index (χ1) is 13.3. The molecular formula is C19H29IN4O2S3. The van der Waals surface area contributed by atoms with E-state index in [1.54, 1.807) is 17.8 Å². The molecule has 162 valence electrons. The maximum Gasteiger partial charge on any atom is 0.252 e. The highest BCUT2D eigenvalue weighted by Gasteiger charge is 2.19. The zero-order valence-corrected chi connectivity index (χ0v) is 22.2. The molecular weight excluding hydrogens is 539 g/mol. The largest absolute Gasteiger partial charge is 0.357 e. The molecule has 0 amide bonds. The summed E-state index contributed by atoms with van der Waals surface area (Å²) in [5.74, 6) is 0.793. The Kier molecular flexibility index (Phi) is 11.0. The van der Waals surface area contributed by atoms with Gasteiger partial charge in [-0.15, -0.1) is 47.1 Å². The van der Waals surface area contributed by atoms with Crippen LogP contribution in [-0.2, 0) is 23.1 Å². The number of hydrogen-bond donors (Lipinski definition) is 1. The number of sulfonamides is 1. The number of guanidine groups is 1. The van der Waals surface area contributed by atoms with Crippen LogP contribution in [0, 0.1) is 0 Å². The molecule has 0 saturated heterocycles. The van der Waals surface area contributed by atoms with Crippen LogP contribution in [0.25, 0.3) is 0 Å². The third kappa shape index (κ3) is 7.42. The van der Waals surface area contributed by atoms with Crippen LogP contribution in [0.4, 0.5) is 0 Å². The molecule has 0 aliphatic rings. The van der Waals surface area contributed by atoms with Gasteiger partial charge in [0.1, 0.15) is 4.21 Å². The minimum Gasteiger partial charge on any atom is -0.357 e. The van der Waals surface area contributed by atoms with E-state index >= 15 is 0 Å². The molecule has 29 heavy (non-hydrogen) atoms. The van der Waals surface area contributed by atoms with Gasteiger partial charge in [-0.05, 0) is 43.0 Å². The van der Waals surface area contributed by atoms with Crippen LogP contribution in [0.1, 0.15) is 17.4 Å². The normalized spacial score (nSPS) is 12.0. The maximum atomic E-state index is 12.2. The fourth-order valence-electron chi connectivity index (χ4n) is 2.46. The van der Waals surface area contributed by atoms with Gasteiger partial charge in [-0.2, -0.15) is 0 Å². The van der Waals surface area contributed by atoms with Crippen molar-refractivity contribution in [1.82, 2.24) is 14.5 Å². The molecule has 2 aromatic rings. The highest BCUT2D eigenvalue weighted by atomic mass is 127. The zero-order chi connectivity index (χ0) is 20.7. The van der Waals surface area contributed by atoms with E-state index in [1.165, 1.54) is 40.2 Å². The van der Waals surface area contributed by atoms with Crippen molar-refractivity contribution in [3.63, 3.8) is 0 Å². The lowest BCUT2D eigenvalue weighted by molar-refractivity contribution is 0.477. The summed E-state index contributed by atoms with van der Waals surface area (Å²) >= 11 is 2.99. The molecule has 2 rings (SSSR count). The Hall–Kier alpha value is -0.820. The summed E-state index contributed by atoms with van der Waals surface area (Å²) < 4.78 is 26.0. The molecule has 0 bridgehead atoms. The molecule has 0 spiro atoms. The first kappa shape index (κ1) is 26.2. The summed E-state index contributed by atoms with van der Waals surface area (Å²) in [5, 5.41) is 3.30. The molecule has 1 N–H and O–H groups in total. The number of thiophene rings is 1. The van der Waals surface area contributed by atoms with Gasteiger partial charge in [0.15, 0.2) is 5.96 Å². The average molecular weight is 569 g/mol. The molecule has 10 heteroatoms. The van der Waals surface area contributed by atoms with Crippen molar-refractivity contribution in [2.75, 3.05) is 33.9 Å². The molecule has 1 heterocycles. The minimum atomic E-state index is -3.39. The molecule has 1 aromatic carbocycles. The van der Waals surface area contributed by atoms with E-state index in [-0.39, 0.29) is 24.0 Å². The predicted octanol–water partition coefficient (Wildman–Crippen LogP) is 3.94. The standard InChI is InChI=1S/C19H28N4O2S3.HI/c1-6-20-19(23(4)14-15-7-9-16(26-5)10-8-15)21-13-17-11-12-18(27-17)28(24,25)22(2)3;/h7-12H,6,13-14H2,1-5H3,(H,20,21);1H. The second-order valence-electron chi connectivity index (χ2n) is 6.38. The van der Waals surface area contributed by atoms with Gasteiger partial charge in [-0.25, -0.2) is 17.7 Å².